The SMILES string of the molecule is CCNCCCNC(=O)c1coc(C)c1. The van der Waals surface area contributed by atoms with Crippen molar-refractivity contribution in [1.82, 2.24) is 10.6 Å². The van der Waals surface area contributed by atoms with Crippen LogP contribution in [-0.2, 0) is 0 Å². The fraction of sp³-hybridized carbons (Fsp3) is 0.545. The number of nitrogens with one attached hydrogen (secondary N) is 2. The third kappa shape index (κ3) is 4.16. The Bertz CT molecular complexity index is 307. The lowest BCUT2D eigenvalue weighted by atomic mass is 10.3. The second-order valence-corrected chi connectivity index (χ2v) is 3.41. The van der Waals surface area contributed by atoms with E-state index in [2.05, 4.69) is 17.6 Å². The summed E-state index contributed by atoms with van der Waals surface area (Å²) in [4.78, 5) is 11.5. The number of hydrogen-bond donors (Lipinski definition) is 2. The van der Waals surface area contributed by atoms with E-state index in [9.17, 15) is 4.79 Å². The normalized spacial score (nSPS) is 10.3. The van der Waals surface area contributed by atoms with E-state index in [0.29, 0.717) is 12.1 Å². The van der Waals surface area contributed by atoms with Crippen molar-refractivity contribution in [3.63, 3.8) is 0 Å². The highest BCUT2D eigenvalue weighted by Crippen LogP contribution is 2.05. The quantitative estimate of drug-likeness (QED) is 0.696. The van der Waals surface area contributed by atoms with Crippen LogP contribution in [0.15, 0.2) is 16.7 Å². The van der Waals surface area contributed by atoms with Gasteiger partial charge in [0, 0.05) is 6.54 Å². The maximum absolute atomic E-state index is 11.5. The first-order chi connectivity index (χ1) is 7.24. The molecule has 1 aromatic heterocycles. The van der Waals surface area contributed by atoms with E-state index in [4.69, 9.17) is 4.42 Å². The van der Waals surface area contributed by atoms with Gasteiger partial charge in [0.05, 0.1) is 5.56 Å². The lowest BCUT2D eigenvalue weighted by Gasteiger charge is -2.03. The van der Waals surface area contributed by atoms with Gasteiger partial charge in [-0.3, -0.25) is 4.79 Å². The molecule has 84 valence electrons. The Morgan fingerprint density at radius 2 is 2.27 bits per heavy atom. The molecule has 0 aromatic carbocycles. The molecule has 1 amide bonds. The smallest absolute Gasteiger partial charge is 0.254 e. The van der Waals surface area contributed by atoms with Crippen LogP contribution in [0.5, 0.6) is 0 Å². The van der Waals surface area contributed by atoms with E-state index in [-0.39, 0.29) is 5.91 Å². The van der Waals surface area contributed by atoms with Crippen LogP contribution in [0.4, 0.5) is 0 Å². The molecule has 0 atom stereocenters. The molecule has 0 saturated heterocycles. The van der Waals surface area contributed by atoms with E-state index in [1.807, 2.05) is 6.92 Å². The Morgan fingerprint density at radius 3 is 2.87 bits per heavy atom. The molecule has 0 unspecified atom stereocenters. The Labute approximate surface area is 90.0 Å². The number of hydrogen-bond acceptors (Lipinski definition) is 3. The molecular weight excluding hydrogens is 192 g/mol. The molecule has 4 heteroatoms. The van der Waals surface area contributed by atoms with Gasteiger partial charge in [0.2, 0.25) is 0 Å². The average molecular weight is 210 g/mol. The maximum Gasteiger partial charge on any atom is 0.254 e. The summed E-state index contributed by atoms with van der Waals surface area (Å²) in [6.45, 7) is 6.47. The number of amides is 1. The molecule has 0 radical (unpaired) electrons. The Hall–Kier alpha value is -1.29. The first kappa shape index (κ1) is 11.8. The van der Waals surface area contributed by atoms with Gasteiger partial charge in [-0.1, -0.05) is 6.92 Å². The Kier molecular flexibility index (Phi) is 4.90. The van der Waals surface area contributed by atoms with E-state index in [1.165, 1.54) is 6.26 Å². The highest BCUT2D eigenvalue weighted by molar-refractivity contribution is 5.93. The molecule has 0 aliphatic rings. The molecule has 15 heavy (non-hydrogen) atoms. The van der Waals surface area contributed by atoms with Gasteiger partial charge in [-0.25, -0.2) is 0 Å². The molecule has 0 saturated carbocycles. The second-order valence-electron chi connectivity index (χ2n) is 3.41. The number of rotatable bonds is 6. The number of aryl methyl sites for hydroxylation is 1. The molecule has 1 heterocycles. The largest absolute Gasteiger partial charge is 0.469 e. The lowest BCUT2D eigenvalue weighted by Crippen LogP contribution is -2.26. The zero-order chi connectivity index (χ0) is 11.1. The standard InChI is InChI=1S/C11H18N2O2/c1-3-12-5-4-6-13-11(14)10-7-9(2)15-8-10/h7-8,12H,3-6H2,1-2H3,(H,13,14). The first-order valence-electron chi connectivity index (χ1n) is 5.28. The molecule has 0 aliphatic carbocycles. The van der Waals surface area contributed by atoms with Gasteiger partial charge >= 0.3 is 0 Å². The van der Waals surface area contributed by atoms with Crippen LogP contribution in [0.3, 0.4) is 0 Å². The van der Waals surface area contributed by atoms with Crippen molar-refractivity contribution >= 4 is 5.91 Å². The van der Waals surface area contributed by atoms with E-state index in [1.54, 1.807) is 6.07 Å². The van der Waals surface area contributed by atoms with Crippen LogP contribution in [0.25, 0.3) is 0 Å². The maximum atomic E-state index is 11.5. The Balaban J connectivity index is 2.19. The van der Waals surface area contributed by atoms with Crippen molar-refractivity contribution in [3.8, 4) is 0 Å². The van der Waals surface area contributed by atoms with Gasteiger partial charge in [0.25, 0.3) is 5.91 Å². The number of furan rings is 1. The lowest BCUT2D eigenvalue weighted by molar-refractivity contribution is 0.0952. The van der Waals surface area contributed by atoms with E-state index in [0.717, 1.165) is 25.3 Å². The van der Waals surface area contributed by atoms with Crippen LogP contribution in [0, 0.1) is 6.92 Å². The summed E-state index contributed by atoms with van der Waals surface area (Å²) in [5, 5.41) is 6.03. The zero-order valence-electron chi connectivity index (χ0n) is 9.30. The summed E-state index contributed by atoms with van der Waals surface area (Å²) in [7, 11) is 0. The van der Waals surface area contributed by atoms with Gasteiger partial charge in [-0.15, -0.1) is 0 Å². The zero-order valence-corrected chi connectivity index (χ0v) is 9.30. The fourth-order valence-corrected chi connectivity index (χ4v) is 1.26. The van der Waals surface area contributed by atoms with Crippen LogP contribution in [0.2, 0.25) is 0 Å². The van der Waals surface area contributed by atoms with Crippen LogP contribution < -0.4 is 10.6 Å². The predicted octanol–water partition coefficient (Wildman–Crippen LogP) is 1.32. The summed E-state index contributed by atoms with van der Waals surface area (Å²) in [5.41, 5.74) is 0.593. The summed E-state index contributed by atoms with van der Waals surface area (Å²) >= 11 is 0. The molecule has 0 spiro atoms. The number of carbonyl (C=O) groups is 1. The van der Waals surface area contributed by atoms with Gasteiger partial charge in [0.15, 0.2) is 0 Å². The first-order valence-corrected chi connectivity index (χ1v) is 5.28. The van der Waals surface area contributed by atoms with Crippen molar-refractivity contribution in [3.05, 3.63) is 23.7 Å². The van der Waals surface area contributed by atoms with Crippen LogP contribution in [-0.4, -0.2) is 25.5 Å². The molecular formula is C11H18N2O2. The monoisotopic (exact) mass is 210 g/mol. The summed E-state index contributed by atoms with van der Waals surface area (Å²) in [6.07, 6.45) is 2.42. The molecule has 0 aliphatic heterocycles. The van der Waals surface area contributed by atoms with Crippen molar-refractivity contribution in [1.29, 1.82) is 0 Å². The van der Waals surface area contributed by atoms with Gasteiger partial charge in [-0.2, -0.15) is 0 Å². The molecule has 1 aromatic rings. The topological polar surface area (TPSA) is 54.3 Å². The van der Waals surface area contributed by atoms with Crippen molar-refractivity contribution in [2.24, 2.45) is 0 Å². The van der Waals surface area contributed by atoms with Gasteiger partial charge in [0.1, 0.15) is 12.0 Å². The van der Waals surface area contributed by atoms with Crippen molar-refractivity contribution in [2.75, 3.05) is 19.6 Å². The second kappa shape index (κ2) is 6.24. The molecule has 2 N–H and O–H groups in total. The molecule has 0 fully saturated rings. The average Bonchev–Trinajstić information content (AvgIpc) is 2.64. The summed E-state index contributed by atoms with van der Waals surface area (Å²) < 4.78 is 5.06. The Morgan fingerprint density at radius 1 is 1.47 bits per heavy atom. The minimum atomic E-state index is -0.0663. The van der Waals surface area contributed by atoms with Crippen LogP contribution in [0.1, 0.15) is 29.5 Å². The van der Waals surface area contributed by atoms with E-state index >= 15 is 0 Å². The van der Waals surface area contributed by atoms with E-state index < -0.39 is 0 Å². The van der Waals surface area contributed by atoms with Crippen molar-refractivity contribution < 1.29 is 9.21 Å². The summed E-state index contributed by atoms with van der Waals surface area (Å²) in [6, 6.07) is 1.74. The highest BCUT2D eigenvalue weighted by Gasteiger charge is 2.06. The van der Waals surface area contributed by atoms with Gasteiger partial charge in [-0.05, 0) is 32.5 Å². The highest BCUT2D eigenvalue weighted by atomic mass is 16.3. The third-order valence-electron chi connectivity index (χ3n) is 2.06. The summed E-state index contributed by atoms with van der Waals surface area (Å²) in [5.74, 6) is 0.691. The molecule has 0 bridgehead atoms. The fourth-order valence-electron chi connectivity index (χ4n) is 1.26. The third-order valence-corrected chi connectivity index (χ3v) is 2.06. The minimum Gasteiger partial charge on any atom is -0.469 e. The molecule has 1 rings (SSSR count). The van der Waals surface area contributed by atoms with Crippen LogP contribution >= 0.6 is 0 Å². The van der Waals surface area contributed by atoms with Crippen molar-refractivity contribution in [2.45, 2.75) is 20.3 Å². The molecule has 4 nitrogen and oxygen atoms in total. The van der Waals surface area contributed by atoms with Gasteiger partial charge < -0.3 is 15.1 Å². The minimum absolute atomic E-state index is 0.0663. The predicted molar refractivity (Wildman–Crippen MR) is 58.9 cm³/mol. The number of carbonyl (C=O) groups excluding carboxylic acids is 1.